The lowest BCUT2D eigenvalue weighted by atomic mass is 10.4. The third-order valence-electron chi connectivity index (χ3n) is 1.78. The topological polar surface area (TPSA) is 9.23 Å². The molecule has 0 aromatic rings. The molecule has 2 unspecified atom stereocenters. The molecule has 100 valence electrons. The van der Waals surface area contributed by atoms with Crippen LogP contribution in [0.5, 0.6) is 0 Å². The number of rotatable bonds is 10. The van der Waals surface area contributed by atoms with Gasteiger partial charge in [0.1, 0.15) is 0 Å². The van der Waals surface area contributed by atoms with Gasteiger partial charge < -0.3 is 4.74 Å². The summed E-state index contributed by atoms with van der Waals surface area (Å²) >= 11 is 3.28. The van der Waals surface area contributed by atoms with Crippen molar-refractivity contribution in [2.75, 3.05) is 23.0 Å². The van der Waals surface area contributed by atoms with Crippen LogP contribution in [0.1, 0.15) is 13.8 Å². The zero-order valence-electron chi connectivity index (χ0n) is 10.3. The molecule has 0 bridgehead atoms. The lowest BCUT2D eigenvalue weighted by molar-refractivity contribution is 0.0355. The predicted molar refractivity (Wildman–Crippen MR) is 75.2 cm³/mol. The van der Waals surface area contributed by atoms with E-state index >= 15 is 0 Å². The number of hydrogen-bond donors (Lipinski definition) is 0. The number of halogens is 2. The van der Waals surface area contributed by atoms with Crippen molar-refractivity contribution >= 4 is 23.5 Å². The van der Waals surface area contributed by atoms with Gasteiger partial charge in [-0.3, -0.25) is 0 Å². The van der Waals surface area contributed by atoms with Gasteiger partial charge in [0.2, 0.25) is 0 Å². The molecule has 0 rings (SSSR count). The third-order valence-corrected chi connectivity index (χ3v) is 4.04. The van der Waals surface area contributed by atoms with E-state index in [4.69, 9.17) is 4.74 Å². The second kappa shape index (κ2) is 12.5. The Kier molecular flexibility index (Phi) is 12.5. The largest absolute Gasteiger partial charge is 0.374 e. The Morgan fingerprint density at radius 3 is 1.71 bits per heavy atom. The molecule has 0 radical (unpaired) electrons. The number of hydrogen-bond acceptors (Lipinski definition) is 3. The van der Waals surface area contributed by atoms with Gasteiger partial charge in [0.05, 0.1) is 24.9 Å². The number of ether oxygens (including phenoxy) is 1. The first kappa shape index (κ1) is 17.0. The molecule has 0 heterocycles. The van der Waals surface area contributed by atoms with Crippen LogP contribution in [0, 0.1) is 0 Å². The molecule has 0 aromatic heterocycles. The Balaban J connectivity index is 3.47. The second-order valence-electron chi connectivity index (χ2n) is 3.56. The molecule has 0 amide bonds. The van der Waals surface area contributed by atoms with Gasteiger partial charge >= 0.3 is 0 Å². The van der Waals surface area contributed by atoms with Crippen LogP contribution >= 0.6 is 23.5 Å². The predicted octanol–water partition coefficient (Wildman–Crippen LogP) is 4.21. The standard InChI is InChI=1S/C12H20F2OS2/c1-11(9-16-7-3-5-13)15-12(2)10-17-8-4-6-14/h3-6,11-12H,7-10H2,1-2H3. The first-order valence-corrected chi connectivity index (χ1v) is 7.83. The number of thioether (sulfide) groups is 2. The van der Waals surface area contributed by atoms with E-state index in [1.165, 1.54) is 12.2 Å². The van der Waals surface area contributed by atoms with Gasteiger partial charge in [-0.1, -0.05) is 0 Å². The minimum atomic E-state index is 0.153. The highest BCUT2D eigenvalue weighted by molar-refractivity contribution is 7.99. The Morgan fingerprint density at radius 2 is 1.35 bits per heavy atom. The van der Waals surface area contributed by atoms with Crippen LogP contribution < -0.4 is 0 Å². The van der Waals surface area contributed by atoms with E-state index in [-0.39, 0.29) is 12.2 Å². The lowest BCUT2D eigenvalue weighted by Gasteiger charge is -2.18. The van der Waals surface area contributed by atoms with Gasteiger partial charge in [-0.25, -0.2) is 8.78 Å². The molecule has 17 heavy (non-hydrogen) atoms. The van der Waals surface area contributed by atoms with Crippen LogP contribution in [0.15, 0.2) is 24.8 Å². The van der Waals surface area contributed by atoms with Crippen LogP contribution in [0.2, 0.25) is 0 Å². The minimum absolute atomic E-state index is 0.153. The van der Waals surface area contributed by atoms with Crippen molar-refractivity contribution < 1.29 is 13.5 Å². The van der Waals surface area contributed by atoms with Crippen molar-refractivity contribution in [2.45, 2.75) is 26.1 Å². The van der Waals surface area contributed by atoms with E-state index in [2.05, 4.69) is 0 Å². The fourth-order valence-corrected chi connectivity index (χ4v) is 2.66. The van der Waals surface area contributed by atoms with Gasteiger partial charge in [0.15, 0.2) is 0 Å². The molecule has 1 nitrogen and oxygen atoms in total. The van der Waals surface area contributed by atoms with E-state index in [9.17, 15) is 8.78 Å². The zero-order valence-corrected chi connectivity index (χ0v) is 11.9. The van der Waals surface area contributed by atoms with Gasteiger partial charge in [-0.2, -0.15) is 23.5 Å². The highest BCUT2D eigenvalue weighted by Gasteiger charge is 2.08. The van der Waals surface area contributed by atoms with Crippen molar-refractivity contribution in [2.24, 2.45) is 0 Å². The summed E-state index contributed by atoms with van der Waals surface area (Å²) in [4.78, 5) is 0. The van der Waals surface area contributed by atoms with E-state index in [0.29, 0.717) is 24.2 Å². The summed E-state index contributed by atoms with van der Waals surface area (Å²) in [5.74, 6) is 3.05. The molecule has 0 fully saturated rings. The molecule has 0 saturated heterocycles. The molecule has 2 atom stereocenters. The van der Waals surface area contributed by atoms with E-state index in [1.54, 1.807) is 23.5 Å². The summed E-state index contributed by atoms with van der Waals surface area (Å²) in [5.41, 5.74) is 0. The molecular formula is C12H20F2OS2. The van der Waals surface area contributed by atoms with Gasteiger partial charge in [-0.05, 0) is 26.0 Å². The van der Waals surface area contributed by atoms with Gasteiger partial charge in [-0.15, -0.1) is 0 Å². The monoisotopic (exact) mass is 282 g/mol. The van der Waals surface area contributed by atoms with E-state index < -0.39 is 0 Å². The van der Waals surface area contributed by atoms with Crippen molar-refractivity contribution in [3.05, 3.63) is 24.8 Å². The highest BCUT2D eigenvalue weighted by atomic mass is 32.2. The minimum Gasteiger partial charge on any atom is -0.374 e. The van der Waals surface area contributed by atoms with Crippen molar-refractivity contribution in [1.29, 1.82) is 0 Å². The lowest BCUT2D eigenvalue weighted by Crippen LogP contribution is -2.21. The van der Waals surface area contributed by atoms with Crippen LogP contribution in [-0.4, -0.2) is 35.2 Å². The molecule has 0 aliphatic heterocycles. The third kappa shape index (κ3) is 12.2. The Morgan fingerprint density at radius 1 is 0.941 bits per heavy atom. The summed E-state index contributed by atoms with van der Waals surface area (Å²) in [6.45, 7) is 4.02. The summed E-state index contributed by atoms with van der Waals surface area (Å²) in [5, 5.41) is 0. The summed E-state index contributed by atoms with van der Waals surface area (Å²) in [7, 11) is 0. The fourth-order valence-electron chi connectivity index (χ4n) is 1.15. The van der Waals surface area contributed by atoms with Gasteiger partial charge in [0.25, 0.3) is 0 Å². The average Bonchev–Trinajstić information content (AvgIpc) is 2.30. The maximum atomic E-state index is 11.7. The van der Waals surface area contributed by atoms with E-state index in [0.717, 1.165) is 11.5 Å². The van der Waals surface area contributed by atoms with Crippen LogP contribution in [0.4, 0.5) is 8.78 Å². The van der Waals surface area contributed by atoms with E-state index in [1.807, 2.05) is 13.8 Å². The summed E-state index contributed by atoms with van der Waals surface area (Å²) in [6.07, 6.45) is 4.41. The molecule has 0 saturated carbocycles. The average molecular weight is 282 g/mol. The molecule has 0 N–H and O–H groups in total. The smallest absolute Gasteiger partial charge is 0.0835 e. The van der Waals surface area contributed by atoms with Gasteiger partial charge in [0, 0.05) is 23.0 Å². The maximum absolute atomic E-state index is 11.7. The zero-order chi connectivity index (χ0) is 12.9. The van der Waals surface area contributed by atoms with Crippen LogP contribution in [0.25, 0.3) is 0 Å². The summed E-state index contributed by atoms with van der Waals surface area (Å²) < 4.78 is 29.1. The second-order valence-corrected chi connectivity index (χ2v) is 5.71. The molecule has 0 aliphatic rings. The normalized spacial score (nSPS) is 15.8. The van der Waals surface area contributed by atoms with Crippen molar-refractivity contribution in [3.8, 4) is 0 Å². The molecular weight excluding hydrogens is 262 g/mol. The first-order chi connectivity index (χ1) is 8.20. The highest BCUT2D eigenvalue weighted by Crippen LogP contribution is 2.11. The Labute approximate surface area is 111 Å². The molecule has 0 spiro atoms. The Bertz CT molecular complexity index is 201. The summed E-state index contributed by atoms with van der Waals surface area (Å²) in [6, 6.07) is 0. The fraction of sp³-hybridized carbons (Fsp3) is 0.667. The molecule has 0 aliphatic carbocycles. The van der Waals surface area contributed by atoms with Crippen LogP contribution in [0.3, 0.4) is 0 Å². The quantitative estimate of drug-likeness (QED) is 0.555. The molecule has 5 heteroatoms. The molecule has 0 aromatic carbocycles. The van der Waals surface area contributed by atoms with Crippen LogP contribution in [-0.2, 0) is 4.74 Å². The first-order valence-electron chi connectivity index (χ1n) is 5.52. The van der Waals surface area contributed by atoms with Crippen molar-refractivity contribution in [3.63, 3.8) is 0 Å². The maximum Gasteiger partial charge on any atom is 0.0835 e. The SMILES string of the molecule is CC(CSCC=CF)OC(C)CSCC=CF. The Hall–Kier alpha value is -0.0000000000000000555. The van der Waals surface area contributed by atoms with Crippen molar-refractivity contribution in [1.82, 2.24) is 0 Å².